The Morgan fingerprint density at radius 2 is 1.78 bits per heavy atom. The van der Waals surface area contributed by atoms with Crippen LogP contribution >= 0.6 is 0 Å². The second-order valence-corrected chi connectivity index (χ2v) is 5.74. The van der Waals surface area contributed by atoms with Gasteiger partial charge in [-0.15, -0.1) is 0 Å². The van der Waals surface area contributed by atoms with Gasteiger partial charge in [0.1, 0.15) is 17.1 Å². The number of carbonyl (C=O) groups excluding carboxylic acids is 1. The van der Waals surface area contributed by atoms with Gasteiger partial charge in [-0.05, 0) is 36.8 Å². The molecule has 2 aromatic carbocycles. The van der Waals surface area contributed by atoms with Crippen molar-refractivity contribution in [3.8, 4) is 11.6 Å². The number of rotatable bonds is 5. The number of ether oxygens (including phenoxy) is 1. The minimum Gasteiger partial charge on any atom is -0.438 e. The lowest BCUT2D eigenvalue weighted by molar-refractivity contribution is 0.0941. The van der Waals surface area contributed by atoms with Gasteiger partial charge in [0.15, 0.2) is 11.6 Å². The number of halogens is 3. The van der Waals surface area contributed by atoms with E-state index in [1.165, 1.54) is 6.20 Å². The number of aromatic nitrogens is 1. The molecule has 0 spiro atoms. The number of nitrogens with zero attached hydrogens (tertiary/aromatic N) is 1. The summed E-state index contributed by atoms with van der Waals surface area (Å²) in [5.74, 6) is -4.22. The fourth-order valence-corrected chi connectivity index (χ4v) is 2.42. The second-order valence-electron chi connectivity index (χ2n) is 5.74. The summed E-state index contributed by atoms with van der Waals surface area (Å²) in [7, 11) is 0. The smallest absolute Gasteiger partial charge is 0.257 e. The normalized spacial score (nSPS) is 10.5. The van der Waals surface area contributed by atoms with E-state index in [1.54, 1.807) is 18.2 Å². The van der Waals surface area contributed by atoms with Gasteiger partial charge in [-0.25, -0.2) is 18.2 Å². The molecule has 0 atom stereocenters. The third-order valence-corrected chi connectivity index (χ3v) is 3.86. The Bertz CT molecular complexity index is 993. The SMILES string of the molecule is Cc1ccccc1Oc1ncccc1CNC(=O)c1c(F)ccc(F)c1F. The Hall–Kier alpha value is -3.35. The van der Waals surface area contributed by atoms with Crippen LogP contribution in [0.1, 0.15) is 21.5 Å². The van der Waals surface area contributed by atoms with Crippen molar-refractivity contribution >= 4 is 5.91 Å². The summed E-state index contributed by atoms with van der Waals surface area (Å²) in [4.78, 5) is 16.2. The Morgan fingerprint density at radius 3 is 2.56 bits per heavy atom. The first-order valence-electron chi connectivity index (χ1n) is 8.06. The first-order chi connectivity index (χ1) is 13.0. The van der Waals surface area contributed by atoms with Crippen molar-refractivity contribution in [2.45, 2.75) is 13.5 Å². The highest BCUT2D eigenvalue weighted by molar-refractivity contribution is 5.94. The van der Waals surface area contributed by atoms with Crippen LogP contribution in [0.5, 0.6) is 11.6 Å². The standard InChI is InChI=1S/C20H15F3N2O2/c1-12-5-2-3-7-16(12)27-20-13(6-4-10-24-20)11-25-19(26)17-14(21)8-9-15(22)18(17)23/h2-10H,11H2,1H3,(H,25,26). The molecule has 0 aliphatic heterocycles. The molecular formula is C20H15F3N2O2. The predicted octanol–water partition coefficient (Wildman–Crippen LogP) is 4.53. The van der Waals surface area contributed by atoms with Gasteiger partial charge in [0.25, 0.3) is 5.91 Å². The van der Waals surface area contributed by atoms with Crippen molar-refractivity contribution in [3.05, 3.63) is 88.9 Å². The highest BCUT2D eigenvalue weighted by atomic mass is 19.2. The molecule has 1 aromatic heterocycles. The number of hydrogen-bond donors (Lipinski definition) is 1. The molecule has 0 aliphatic carbocycles. The van der Waals surface area contributed by atoms with Gasteiger partial charge in [0.2, 0.25) is 5.88 Å². The minimum atomic E-state index is -1.53. The monoisotopic (exact) mass is 372 g/mol. The highest BCUT2D eigenvalue weighted by Crippen LogP contribution is 2.25. The molecule has 0 bridgehead atoms. The Labute approximate surface area is 153 Å². The van der Waals surface area contributed by atoms with Gasteiger partial charge in [0, 0.05) is 18.3 Å². The maximum Gasteiger partial charge on any atom is 0.257 e. The van der Waals surface area contributed by atoms with E-state index in [1.807, 2.05) is 25.1 Å². The zero-order valence-electron chi connectivity index (χ0n) is 14.3. The van der Waals surface area contributed by atoms with Crippen LogP contribution in [0.4, 0.5) is 13.2 Å². The number of amides is 1. The molecule has 138 valence electrons. The van der Waals surface area contributed by atoms with Crippen molar-refractivity contribution < 1.29 is 22.7 Å². The summed E-state index contributed by atoms with van der Waals surface area (Å²) < 4.78 is 46.5. The molecule has 0 saturated carbocycles. The summed E-state index contributed by atoms with van der Waals surface area (Å²) in [5, 5.41) is 2.36. The lowest BCUT2D eigenvalue weighted by atomic mass is 10.1. The van der Waals surface area contributed by atoms with Crippen molar-refractivity contribution in [1.82, 2.24) is 10.3 Å². The zero-order chi connectivity index (χ0) is 19.4. The molecule has 27 heavy (non-hydrogen) atoms. The first kappa shape index (κ1) is 18.4. The summed E-state index contributed by atoms with van der Waals surface area (Å²) >= 11 is 0. The fraction of sp³-hybridized carbons (Fsp3) is 0.100. The number of pyridine rings is 1. The van der Waals surface area contributed by atoms with E-state index >= 15 is 0 Å². The molecule has 3 aromatic rings. The molecule has 1 amide bonds. The van der Waals surface area contributed by atoms with Crippen LogP contribution in [0.15, 0.2) is 54.7 Å². The topological polar surface area (TPSA) is 51.2 Å². The first-order valence-corrected chi connectivity index (χ1v) is 8.06. The average molecular weight is 372 g/mol. The molecule has 7 heteroatoms. The number of nitrogens with one attached hydrogen (secondary N) is 1. The van der Waals surface area contributed by atoms with E-state index < -0.39 is 28.9 Å². The Morgan fingerprint density at radius 1 is 1.04 bits per heavy atom. The second kappa shape index (κ2) is 7.90. The van der Waals surface area contributed by atoms with Gasteiger partial charge in [0.05, 0.1) is 0 Å². The van der Waals surface area contributed by atoms with Crippen LogP contribution in [-0.2, 0) is 6.54 Å². The molecular weight excluding hydrogens is 357 g/mol. The van der Waals surface area contributed by atoms with Crippen molar-refractivity contribution in [3.63, 3.8) is 0 Å². The van der Waals surface area contributed by atoms with E-state index in [9.17, 15) is 18.0 Å². The molecule has 0 saturated heterocycles. The molecule has 1 heterocycles. The number of hydrogen-bond acceptors (Lipinski definition) is 3. The van der Waals surface area contributed by atoms with Crippen molar-refractivity contribution in [2.24, 2.45) is 0 Å². The molecule has 0 aliphatic rings. The number of para-hydroxylation sites is 1. The van der Waals surface area contributed by atoms with Crippen LogP contribution < -0.4 is 10.1 Å². The highest BCUT2D eigenvalue weighted by Gasteiger charge is 2.21. The molecule has 0 unspecified atom stereocenters. The van der Waals surface area contributed by atoms with Gasteiger partial charge in [-0.1, -0.05) is 24.3 Å². The summed E-state index contributed by atoms with van der Waals surface area (Å²) in [5.41, 5.74) is 0.411. The van der Waals surface area contributed by atoms with Gasteiger partial charge < -0.3 is 10.1 Å². The van der Waals surface area contributed by atoms with Crippen LogP contribution in [-0.4, -0.2) is 10.9 Å². The number of benzene rings is 2. The average Bonchev–Trinajstić information content (AvgIpc) is 2.66. The van der Waals surface area contributed by atoms with E-state index in [0.717, 1.165) is 5.56 Å². The van der Waals surface area contributed by atoms with E-state index in [2.05, 4.69) is 10.3 Å². The summed E-state index contributed by atoms with van der Waals surface area (Å²) in [6.45, 7) is 1.76. The van der Waals surface area contributed by atoms with E-state index in [4.69, 9.17) is 4.74 Å². The van der Waals surface area contributed by atoms with Crippen LogP contribution in [0.3, 0.4) is 0 Å². The third-order valence-electron chi connectivity index (χ3n) is 3.86. The largest absolute Gasteiger partial charge is 0.438 e. The lowest BCUT2D eigenvalue weighted by Crippen LogP contribution is -2.25. The van der Waals surface area contributed by atoms with Crippen LogP contribution in [0.25, 0.3) is 0 Å². The van der Waals surface area contributed by atoms with Gasteiger partial charge >= 0.3 is 0 Å². The Balaban J connectivity index is 1.79. The van der Waals surface area contributed by atoms with Crippen LogP contribution in [0.2, 0.25) is 0 Å². The lowest BCUT2D eigenvalue weighted by Gasteiger charge is -2.12. The Kier molecular flexibility index (Phi) is 5.40. The molecule has 1 N–H and O–H groups in total. The molecule has 0 fully saturated rings. The molecule has 0 radical (unpaired) electrons. The van der Waals surface area contributed by atoms with Crippen LogP contribution in [0, 0.1) is 24.4 Å². The zero-order valence-corrected chi connectivity index (χ0v) is 14.3. The predicted molar refractivity (Wildman–Crippen MR) is 93.0 cm³/mol. The van der Waals surface area contributed by atoms with E-state index in [-0.39, 0.29) is 12.4 Å². The van der Waals surface area contributed by atoms with Crippen molar-refractivity contribution in [1.29, 1.82) is 0 Å². The maximum absolute atomic E-state index is 13.7. The van der Waals surface area contributed by atoms with Gasteiger partial charge in [-0.2, -0.15) is 0 Å². The van der Waals surface area contributed by atoms with E-state index in [0.29, 0.717) is 23.4 Å². The minimum absolute atomic E-state index is 0.108. The molecule has 4 nitrogen and oxygen atoms in total. The van der Waals surface area contributed by atoms with Gasteiger partial charge in [-0.3, -0.25) is 4.79 Å². The maximum atomic E-state index is 13.7. The van der Waals surface area contributed by atoms with Crippen molar-refractivity contribution in [2.75, 3.05) is 0 Å². The third kappa shape index (κ3) is 4.08. The number of carbonyl (C=O) groups is 1. The quantitative estimate of drug-likeness (QED) is 0.670. The summed E-state index contributed by atoms with van der Waals surface area (Å²) in [6, 6.07) is 11.9. The summed E-state index contributed by atoms with van der Waals surface area (Å²) in [6.07, 6.45) is 1.52. The molecule has 3 rings (SSSR count). The fourth-order valence-electron chi connectivity index (χ4n) is 2.42. The number of aryl methyl sites for hydroxylation is 1.